The molecule has 0 aliphatic carbocycles. The van der Waals surface area contributed by atoms with Gasteiger partial charge in [0.15, 0.2) is 0 Å². The van der Waals surface area contributed by atoms with E-state index in [4.69, 9.17) is 17.3 Å². The van der Waals surface area contributed by atoms with Crippen molar-refractivity contribution in [1.82, 2.24) is 9.78 Å². The van der Waals surface area contributed by atoms with Gasteiger partial charge in [0, 0.05) is 29.5 Å². The molecule has 0 radical (unpaired) electrons. The molecule has 0 fully saturated rings. The second kappa shape index (κ2) is 4.47. The molecule has 0 bridgehead atoms. The van der Waals surface area contributed by atoms with E-state index in [-0.39, 0.29) is 5.91 Å². The standard InChI is InChI=1S/C11H11ClN4O/c1-16-6-10(5-14-16)15-11(17)7-2-8(12)4-9(13)3-7/h2-6H,13H2,1H3,(H,15,17). The fourth-order valence-electron chi connectivity index (χ4n) is 1.43. The van der Waals surface area contributed by atoms with E-state index >= 15 is 0 Å². The lowest BCUT2D eigenvalue weighted by Crippen LogP contribution is -2.11. The lowest BCUT2D eigenvalue weighted by atomic mass is 10.2. The molecule has 1 heterocycles. The molecule has 1 amide bonds. The van der Waals surface area contributed by atoms with Gasteiger partial charge in [0.1, 0.15) is 0 Å². The van der Waals surface area contributed by atoms with Gasteiger partial charge in [-0.2, -0.15) is 5.10 Å². The van der Waals surface area contributed by atoms with Crippen molar-refractivity contribution in [2.45, 2.75) is 0 Å². The Balaban J connectivity index is 2.19. The van der Waals surface area contributed by atoms with Crippen molar-refractivity contribution >= 4 is 28.9 Å². The molecule has 2 aromatic rings. The number of amides is 1. The number of hydrogen-bond donors (Lipinski definition) is 2. The third-order valence-electron chi connectivity index (χ3n) is 2.15. The first-order valence-electron chi connectivity index (χ1n) is 4.90. The molecule has 17 heavy (non-hydrogen) atoms. The van der Waals surface area contributed by atoms with E-state index < -0.39 is 0 Å². The van der Waals surface area contributed by atoms with E-state index in [0.717, 1.165) is 0 Å². The molecule has 0 aliphatic rings. The van der Waals surface area contributed by atoms with Crippen molar-refractivity contribution in [3.05, 3.63) is 41.2 Å². The third-order valence-corrected chi connectivity index (χ3v) is 2.36. The Hall–Kier alpha value is -2.01. The highest BCUT2D eigenvalue weighted by Crippen LogP contribution is 2.17. The van der Waals surface area contributed by atoms with Crippen molar-refractivity contribution in [2.24, 2.45) is 7.05 Å². The number of carbonyl (C=O) groups is 1. The van der Waals surface area contributed by atoms with Crippen LogP contribution in [0.2, 0.25) is 5.02 Å². The molecule has 5 nitrogen and oxygen atoms in total. The molecule has 1 aromatic carbocycles. The lowest BCUT2D eigenvalue weighted by molar-refractivity contribution is 0.102. The molecule has 0 saturated carbocycles. The number of halogens is 1. The van der Waals surface area contributed by atoms with Crippen molar-refractivity contribution in [2.75, 3.05) is 11.1 Å². The Kier molecular flexibility index (Phi) is 3.01. The number of benzene rings is 1. The predicted octanol–water partition coefficient (Wildman–Crippen LogP) is 1.91. The predicted molar refractivity (Wildman–Crippen MR) is 67.0 cm³/mol. The largest absolute Gasteiger partial charge is 0.399 e. The van der Waals surface area contributed by atoms with Crippen LogP contribution in [0.4, 0.5) is 11.4 Å². The average molecular weight is 251 g/mol. The number of rotatable bonds is 2. The monoisotopic (exact) mass is 250 g/mol. The number of nitrogens with one attached hydrogen (secondary N) is 1. The van der Waals surface area contributed by atoms with Crippen LogP contribution in [0.5, 0.6) is 0 Å². The van der Waals surface area contributed by atoms with Gasteiger partial charge in [-0.1, -0.05) is 11.6 Å². The average Bonchev–Trinajstić information content (AvgIpc) is 2.62. The van der Waals surface area contributed by atoms with E-state index in [0.29, 0.717) is 22.0 Å². The van der Waals surface area contributed by atoms with E-state index in [1.54, 1.807) is 42.3 Å². The Bertz CT molecular complexity index is 544. The summed E-state index contributed by atoms with van der Waals surface area (Å²) in [5, 5.41) is 7.08. The second-order valence-electron chi connectivity index (χ2n) is 3.63. The van der Waals surface area contributed by atoms with Crippen LogP contribution < -0.4 is 11.1 Å². The van der Waals surface area contributed by atoms with E-state index in [9.17, 15) is 4.79 Å². The van der Waals surface area contributed by atoms with Crippen molar-refractivity contribution in [1.29, 1.82) is 0 Å². The summed E-state index contributed by atoms with van der Waals surface area (Å²) in [6.07, 6.45) is 3.26. The molecule has 0 saturated heterocycles. The highest BCUT2D eigenvalue weighted by molar-refractivity contribution is 6.31. The zero-order valence-electron chi connectivity index (χ0n) is 9.14. The minimum absolute atomic E-state index is 0.271. The number of nitrogen functional groups attached to an aromatic ring is 1. The summed E-state index contributed by atoms with van der Waals surface area (Å²) >= 11 is 5.82. The fraction of sp³-hybridized carbons (Fsp3) is 0.0909. The SMILES string of the molecule is Cn1cc(NC(=O)c2cc(N)cc(Cl)c2)cn1. The summed E-state index contributed by atoms with van der Waals surface area (Å²) < 4.78 is 1.60. The zero-order valence-corrected chi connectivity index (χ0v) is 9.90. The van der Waals surface area contributed by atoms with Gasteiger partial charge in [-0.25, -0.2) is 0 Å². The molecule has 88 valence electrons. The molecular weight excluding hydrogens is 240 g/mol. The fourth-order valence-corrected chi connectivity index (χ4v) is 1.68. The summed E-state index contributed by atoms with van der Waals surface area (Å²) in [5.41, 5.74) is 7.10. The molecule has 0 aliphatic heterocycles. The first kappa shape index (κ1) is 11.5. The third kappa shape index (κ3) is 2.76. The van der Waals surface area contributed by atoms with Gasteiger partial charge >= 0.3 is 0 Å². The van der Waals surface area contributed by atoms with Crippen molar-refractivity contribution in [3.8, 4) is 0 Å². The molecular formula is C11H11ClN4O. The van der Waals surface area contributed by atoms with Crippen LogP contribution in [0, 0.1) is 0 Å². The Morgan fingerprint density at radius 2 is 2.24 bits per heavy atom. The van der Waals surface area contributed by atoms with Crippen LogP contribution in [-0.4, -0.2) is 15.7 Å². The topological polar surface area (TPSA) is 72.9 Å². The lowest BCUT2D eigenvalue weighted by Gasteiger charge is -2.04. The van der Waals surface area contributed by atoms with Gasteiger partial charge in [-0.3, -0.25) is 9.48 Å². The Labute approximate surface area is 103 Å². The van der Waals surface area contributed by atoms with Crippen molar-refractivity contribution in [3.63, 3.8) is 0 Å². The number of nitrogens with zero attached hydrogens (tertiary/aromatic N) is 2. The highest BCUT2D eigenvalue weighted by atomic mass is 35.5. The Morgan fingerprint density at radius 1 is 1.47 bits per heavy atom. The summed E-state index contributed by atoms with van der Waals surface area (Å²) in [4.78, 5) is 11.9. The smallest absolute Gasteiger partial charge is 0.255 e. The number of anilines is 2. The number of aromatic nitrogens is 2. The van der Waals surface area contributed by atoms with E-state index in [1.807, 2.05) is 0 Å². The highest BCUT2D eigenvalue weighted by Gasteiger charge is 2.08. The zero-order chi connectivity index (χ0) is 12.4. The summed E-state index contributed by atoms with van der Waals surface area (Å²) in [7, 11) is 1.77. The second-order valence-corrected chi connectivity index (χ2v) is 4.07. The molecule has 0 atom stereocenters. The van der Waals surface area contributed by atoms with Crippen LogP contribution in [0.25, 0.3) is 0 Å². The van der Waals surface area contributed by atoms with Gasteiger partial charge in [-0.05, 0) is 18.2 Å². The first-order chi connectivity index (χ1) is 8.04. The maximum atomic E-state index is 11.9. The number of nitrogens with two attached hydrogens (primary N) is 1. The summed E-state index contributed by atoms with van der Waals surface area (Å²) in [6.45, 7) is 0. The van der Waals surface area contributed by atoms with Crippen molar-refractivity contribution < 1.29 is 4.79 Å². The minimum atomic E-state index is -0.271. The van der Waals surface area contributed by atoms with E-state index in [1.165, 1.54) is 0 Å². The Morgan fingerprint density at radius 3 is 2.82 bits per heavy atom. The number of carbonyl (C=O) groups excluding carboxylic acids is 1. The number of hydrogen-bond acceptors (Lipinski definition) is 3. The normalized spacial score (nSPS) is 10.2. The van der Waals surface area contributed by atoms with Gasteiger partial charge in [0.05, 0.1) is 11.9 Å². The quantitative estimate of drug-likeness (QED) is 0.800. The van der Waals surface area contributed by atoms with Gasteiger partial charge in [0.25, 0.3) is 5.91 Å². The van der Waals surface area contributed by atoms with Gasteiger partial charge in [0.2, 0.25) is 0 Å². The minimum Gasteiger partial charge on any atom is -0.399 e. The van der Waals surface area contributed by atoms with E-state index in [2.05, 4.69) is 10.4 Å². The number of aryl methyl sites for hydroxylation is 1. The molecule has 2 rings (SSSR count). The van der Waals surface area contributed by atoms with Gasteiger partial charge < -0.3 is 11.1 Å². The summed E-state index contributed by atoms with van der Waals surface area (Å²) in [5.74, 6) is -0.271. The van der Waals surface area contributed by atoms with Crippen LogP contribution in [-0.2, 0) is 7.05 Å². The van der Waals surface area contributed by atoms with Crippen LogP contribution >= 0.6 is 11.6 Å². The maximum Gasteiger partial charge on any atom is 0.255 e. The van der Waals surface area contributed by atoms with Crippen LogP contribution in [0.15, 0.2) is 30.6 Å². The molecule has 0 spiro atoms. The summed E-state index contributed by atoms with van der Waals surface area (Å²) in [6, 6.07) is 4.71. The van der Waals surface area contributed by atoms with Crippen LogP contribution in [0.1, 0.15) is 10.4 Å². The molecule has 1 aromatic heterocycles. The first-order valence-corrected chi connectivity index (χ1v) is 5.28. The van der Waals surface area contributed by atoms with Crippen LogP contribution in [0.3, 0.4) is 0 Å². The molecule has 0 unspecified atom stereocenters. The maximum absolute atomic E-state index is 11.9. The van der Waals surface area contributed by atoms with Gasteiger partial charge in [-0.15, -0.1) is 0 Å². The molecule has 6 heteroatoms. The molecule has 3 N–H and O–H groups in total.